The van der Waals surface area contributed by atoms with Gasteiger partial charge in [-0.15, -0.1) is 0 Å². The molecule has 0 bridgehead atoms. The van der Waals surface area contributed by atoms with Crippen LogP contribution < -0.4 is 5.32 Å². The number of rotatable bonds is 5. The van der Waals surface area contributed by atoms with Crippen molar-refractivity contribution in [1.82, 2.24) is 10.3 Å². The molecule has 0 atom stereocenters. The maximum atomic E-state index is 3.70. The summed E-state index contributed by atoms with van der Waals surface area (Å²) in [6.45, 7) is 3.32. The summed E-state index contributed by atoms with van der Waals surface area (Å²) in [5, 5.41) is 5.11. The van der Waals surface area contributed by atoms with E-state index in [9.17, 15) is 0 Å². The predicted molar refractivity (Wildman–Crippen MR) is 81.6 cm³/mol. The van der Waals surface area contributed by atoms with Gasteiger partial charge in [-0.1, -0.05) is 38.0 Å². The van der Waals surface area contributed by atoms with Crippen LogP contribution in [0.4, 0.5) is 0 Å². The van der Waals surface area contributed by atoms with E-state index in [0.717, 1.165) is 25.4 Å². The largest absolute Gasteiger partial charge is 0.361 e. The molecule has 0 aliphatic heterocycles. The second-order valence-corrected chi connectivity index (χ2v) is 5.69. The highest BCUT2D eigenvalue weighted by Crippen LogP contribution is 2.23. The van der Waals surface area contributed by atoms with Crippen molar-refractivity contribution in [2.24, 2.45) is 0 Å². The first-order chi connectivity index (χ1) is 9.38. The van der Waals surface area contributed by atoms with Crippen LogP contribution in [0.2, 0.25) is 0 Å². The molecular formula is C17H24N2. The van der Waals surface area contributed by atoms with Gasteiger partial charge >= 0.3 is 0 Å². The number of aromatic nitrogens is 1. The summed E-state index contributed by atoms with van der Waals surface area (Å²) >= 11 is 0. The fraction of sp³-hybridized carbons (Fsp3) is 0.529. The highest BCUT2D eigenvalue weighted by molar-refractivity contribution is 5.86. The smallest absolute Gasteiger partial charge is 0.0489 e. The van der Waals surface area contributed by atoms with Crippen molar-refractivity contribution in [3.05, 3.63) is 35.5 Å². The highest BCUT2D eigenvalue weighted by Gasteiger charge is 2.14. The number of nitrogens with one attached hydrogen (secondary N) is 2. The van der Waals surface area contributed by atoms with Crippen LogP contribution in [0.15, 0.2) is 24.4 Å². The molecule has 1 aromatic carbocycles. The van der Waals surface area contributed by atoms with Gasteiger partial charge < -0.3 is 10.3 Å². The third-order valence-electron chi connectivity index (χ3n) is 4.45. The van der Waals surface area contributed by atoms with Crippen molar-refractivity contribution < 1.29 is 0 Å². The molecule has 3 rings (SSSR count). The average molecular weight is 256 g/mol. The van der Waals surface area contributed by atoms with E-state index in [0.29, 0.717) is 0 Å². The summed E-state index contributed by atoms with van der Waals surface area (Å²) in [4.78, 5) is 3.46. The molecule has 1 fully saturated rings. The number of aryl methyl sites for hydroxylation is 1. The number of hydrogen-bond donors (Lipinski definition) is 2. The Morgan fingerprint density at radius 3 is 2.84 bits per heavy atom. The molecule has 0 unspecified atom stereocenters. The van der Waals surface area contributed by atoms with Crippen LogP contribution in [0.1, 0.15) is 43.7 Å². The maximum absolute atomic E-state index is 3.70. The quantitative estimate of drug-likeness (QED) is 0.836. The molecule has 1 saturated carbocycles. The molecule has 1 aromatic heterocycles. The number of hydrogen-bond acceptors (Lipinski definition) is 1. The predicted octanol–water partition coefficient (Wildman–Crippen LogP) is 3.81. The van der Waals surface area contributed by atoms with Crippen LogP contribution in [0.25, 0.3) is 10.9 Å². The van der Waals surface area contributed by atoms with Gasteiger partial charge in [-0.05, 0) is 43.4 Å². The number of H-pyrrole nitrogens is 1. The lowest BCUT2D eigenvalue weighted by atomic mass is 10.1. The van der Waals surface area contributed by atoms with Gasteiger partial charge in [-0.3, -0.25) is 0 Å². The normalized spacial score (nSPS) is 16.5. The Labute approximate surface area is 115 Å². The van der Waals surface area contributed by atoms with Crippen molar-refractivity contribution in [2.75, 3.05) is 6.54 Å². The second-order valence-electron chi connectivity index (χ2n) is 5.69. The van der Waals surface area contributed by atoms with Gasteiger partial charge in [0.25, 0.3) is 0 Å². The molecule has 2 heteroatoms. The number of para-hydroxylation sites is 1. The topological polar surface area (TPSA) is 27.8 Å². The number of fused-ring (bicyclic) bond motifs is 1. The van der Waals surface area contributed by atoms with E-state index < -0.39 is 0 Å². The van der Waals surface area contributed by atoms with Gasteiger partial charge in [0.15, 0.2) is 0 Å². The molecule has 2 nitrogen and oxygen atoms in total. The third kappa shape index (κ3) is 2.69. The van der Waals surface area contributed by atoms with Crippen LogP contribution >= 0.6 is 0 Å². The van der Waals surface area contributed by atoms with Crippen molar-refractivity contribution in [3.63, 3.8) is 0 Å². The van der Waals surface area contributed by atoms with Gasteiger partial charge in [-0.25, -0.2) is 0 Å². The number of benzene rings is 1. The molecule has 1 heterocycles. The summed E-state index contributed by atoms with van der Waals surface area (Å²) in [6.07, 6.45) is 9.97. The van der Waals surface area contributed by atoms with E-state index in [1.807, 2.05) is 0 Å². The third-order valence-corrected chi connectivity index (χ3v) is 4.45. The summed E-state index contributed by atoms with van der Waals surface area (Å²) in [5.41, 5.74) is 4.21. The molecule has 1 aliphatic carbocycles. The van der Waals surface area contributed by atoms with Crippen molar-refractivity contribution in [1.29, 1.82) is 0 Å². The average Bonchev–Trinajstić information content (AvgIpc) is 3.08. The summed E-state index contributed by atoms with van der Waals surface area (Å²) in [6, 6.07) is 7.43. The molecule has 0 amide bonds. The lowest BCUT2D eigenvalue weighted by molar-refractivity contribution is 0.528. The van der Waals surface area contributed by atoms with Crippen molar-refractivity contribution in [3.8, 4) is 0 Å². The van der Waals surface area contributed by atoms with E-state index in [1.165, 1.54) is 47.7 Å². The van der Waals surface area contributed by atoms with E-state index in [2.05, 4.69) is 41.6 Å². The fourth-order valence-electron chi connectivity index (χ4n) is 3.32. The summed E-state index contributed by atoms with van der Waals surface area (Å²) < 4.78 is 0. The Kier molecular flexibility index (Phi) is 3.88. The fourth-order valence-corrected chi connectivity index (χ4v) is 3.32. The van der Waals surface area contributed by atoms with Crippen LogP contribution in [0.5, 0.6) is 0 Å². The SMILES string of the molecule is CCc1cccc2c(CCNC3CCCC3)c[nH]c12. The first kappa shape index (κ1) is 12.7. The zero-order valence-electron chi connectivity index (χ0n) is 11.8. The van der Waals surface area contributed by atoms with E-state index in [-0.39, 0.29) is 0 Å². The maximum Gasteiger partial charge on any atom is 0.0489 e. The first-order valence-corrected chi connectivity index (χ1v) is 7.69. The van der Waals surface area contributed by atoms with Gasteiger partial charge in [0.1, 0.15) is 0 Å². The zero-order chi connectivity index (χ0) is 13.1. The molecule has 0 radical (unpaired) electrons. The standard InChI is InChI=1S/C17H24N2/c1-2-13-6-5-9-16-14(12-19-17(13)16)10-11-18-15-7-3-4-8-15/h5-6,9,12,15,18-19H,2-4,7-8,10-11H2,1H3. The van der Waals surface area contributed by atoms with E-state index >= 15 is 0 Å². The lowest BCUT2D eigenvalue weighted by Gasteiger charge is -2.11. The second kappa shape index (κ2) is 5.79. The molecule has 0 spiro atoms. The van der Waals surface area contributed by atoms with Crippen LogP contribution in [0.3, 0.4) is 0 Å². The Bertz CT molecular complexity index is 535. The minimum atomic E-state index is 0.774. The molecule has 2 aromatic rings. The van der Waals surface area contributed by atoms with Gasteiger partial charge in [0.05, 0.1) is 0 Å². The molecule has 102 valence electrons. The van der Waals surface area contributed by atoms with Crippen LogP contribution in [-0.2, 0) is 12.8 Å². The molecule has 1 aliphatic rings. The Balaban J connectivity index is 1.67. The molecule has 0 saturated heterocycles. The Morgan fingerprint density at radius 2 is 2.05 bits per heavy atom. The lowest BCUT2D eigenvalue weighted by Crippen LogP contribution is -2.27. The zero-order valence-corrected chi connectivity index (χ0v) is 11.8. The van der Waals surface area contributed by atoms with Gasteiger partial charge in [0, 0.05) is 23.1 Å². The minimum Gasteiger partial charge on any atom is -0.361 e. The Hall–Kier alpha value is -1.28. The molecule has 2 N–H and O–H groups in total. The highest BCUT2D eigenvalue weighted by atomic mass is 14.9. The van der Waals surface area contributed by atoms with Crippen molar-refractivity contribution in [2.45, 2.75) is 51.5 Å². The monoisotopic (exact) mass is 256 g/mol. The van der Waals surface area contributed by atoms with E-state index in [1.54, 1.807) is 0 Å². The number of aromatic amines is 1. The first-order valence-electron chi connectivity index (χ1n) is 7.69. The van der Waals surface area contributed by atoms with Gasteiger partial charge in [0.2, 0.25) is 0 Å². The Morgan fingerprint density at radius 1 is 1.21 bits per heavy atom. The van der Waals surface area contributed by atoms with Crippen molar-refractivity contribution >= 4 is 10.9 Å². The van der Waals surface area contributed by atoms with E-state index in [4.69, 9.17) is 0 Å². The summed E-state index contributed by atoms with van der Waals surface area (Å²) in [5.74, 6) is 0. The van der Waals surface area contributed by atoms with Crippen LogP contribution in [0, 0.1) is 0 Å². The van der Waals surface area contributed by atoms with Crippen LogP contribution in [-0.4, -0.2) is 17.6 Å². The van der Waals surface area contributed by atoms with Gasteiger partial charge in [-0.2, -0.15) is 0 Å². The minimum absolute atomic E-state index is 0.774. The molecule has 19 heavy (non-hydrogen) atoms. The molecular weight excluding hydrogens is 232 g/mol. The summed E-state index contributed by atoms with van der Waals surface area (Å²) in [7, 11) is 0.